The molecule has 118 valence electrons. The maximum absolute atomic E-state index is 3.44. The van der Waals surface area contributed by atoms with Crippen molar-refractivity contribution in [1.29, 1.82) is 0 Å². The molecule has 0 saturated carbocycles. The van der Waals surface area contributed by atoms with E-state index in [1.165, 1.54) is 55.8 Å². The highest BCUT2D eigenvalue weighted by Crippen LogP contribution is 2.23. The lowest BCUT2D eigenvalue weighted by molar-refractivity contribution is 0.238. The van der Waals surface area contributed by atoms with Crippen molar-refractivity contribution in [1.82, 2.24) is 9.80 Å². The van der Waals surface area contributed by atoms with Crippen LogP contribution in [0.5, 0.6) is 0 Å². The molecule has 2 rings (SSSR count). The van der Waals surface area contributed by atoms with Crippen LogP contribution >= 0.6 is 0 Å². The number of fused-ring (bicyclic) bond motifs is 1. The van der Waals surface area contributed by atoms with Crippen LogP contribution in [0.3, 0.4) is 0 Å². The van der Waals surface area contributed by atoms with E-state index < -0.39 is 0 Å². The highest BCUT2D eigenvalue weighted by atomic mass is 15.1. The zero-order valence-corrected chi connectivity index (χ0v) is 14.0. The predicted molar refractivity (Wildman–Crippen MR) is 92.0 cm³/mol. The van der Waals surface area contributed by atoms with Crippen molar-refractivity contribution in [2.75, 3.05) is 44.6 Å². The van der Waals surface area contributed by atoms with Crippen molar-refractivity contribution in [3.8, 4) is 0 Å². The molecule has 0 aliphatic carbocycles. The number of hydrogen-bond acceptors (Lipinski definition) is 3. The minimum Gasteiger partial charge on any atom is -0.384 e. The molecule has 0 radical (unpaired) electrons. The molecule has 0 aromatic heterocycles. The van der Waals surface area contributed by atoms with Crippen LogP contribution in [0.2, 0.25) is 0 Å². The zero-order chi connectivity index (χ0) is 15.1. The Morgan fingerprint density at radius 1 is 1.00 bits per heavy atom. The van der Waals surface area contributed by atoms with Crippen molar-refractivity contribution in [2.45, 2.75) is 40.2 Å². The second-order valence-electron chi connectivity index (χ2n) is 5.92. The summed E-state index contributed by atoms with van der Waals surface area (Å²) in [5.41, 5.74) is 4.29. The molecule has 3 nitrogen and oxygen atoms in total. The Morgan fingerprint density at radius 2 is 1.71 bits per heavy atom. The lowest BCUT2D eigenvalue weighted by Crippen LogP contribution is -2.29. The van der Waals surface area contributed by atoms with Gasteiger partial charge in [0.25, 0.3) is 0 Å². The van der Waals surface area contributed by atoms with Gasteiger partial charge >= 0.3 is 0 Å². The average Bonchev–Trinajstić information content (AvgIpc) is 2.98. The highest BCUT2D eigenvalue weighted by Gasteiger charge is 2.11. The van der Waals surface area contributed by atoms with Crippen LogP contribution in [0.25, 0.3) is 0 Å². The molecule has 0 fully saturated rings. The molecule has 0 spiro atoms. The highest BCUT2D eigenvalue weighted by molar-refractivity contribution is 5.56. The van der Waals surface area contributed by atoms with Crippen molar-refractivity contribution in [3.63, 3.8) is 0 Å². The van der Waals surface area contributed by atoms with E-state index in [2.05, 4.69) is 54.1 Å². The number of nitrogens with one attached hydrogen (secondary N) is 1. The summed E-state index contributed by atoms with van der Waals surface area (Å²) in [6.07, 6.45) is 2.44. The number of nitrogens with zero attached hydrogens (tertiary/aromatic N) is 2. The second kappa shape index (κ2) is 8.40. The molecular weight excluding hydrogens is 258 g/mol. The lowest BCUT2D eigenvalue weighted by Gasteiger charge is -2.23. The first kappa shape index (κ1) is 16.3. The van der Waals surface area contributed by atoms with Crippen LogP contribution in [-0.4, -0.2) is 49.1 Å². The smallest absolute Gasteiger partial charge is 0.0373 e. The van der Waals surface area contributed by atoms with E-state index in [-0.39, 0.29) is 0 Å². The third-order valence-corrected chi connectivity index (χ3v) is 4.58. The topological polar surface area (TPSA) is 18.5 Å². The van der Waals surface area contributed by atoms with E-state index >= 15 is 0 Å². The van der Waals surface area contributed by atoms with E-state index in [4.69, 9.17) is 0 Å². The minimum atomic E-state index is 1.09. The largest absolute Gasteiger partial charge is 0.384 e. The molecule has 1 aliphatic heterocycles. The van der Waals surface area contributed by atoms with Crippen molar-refractivity contribution in [2.24, 2.45) is 0 Å². The van der Waals surface area contributed by atoms with E-state index in [1.807, 2.05) is 0 Å². The fourth-order valence-electron chi connectivity index (χ4n) is 3.12. The van der Waals surface area contributed by atoms with Crippen LogP contribution in [0, 0.1) is 0 Å². The summed E-state index contributed by atoms with van der Waals surface area (Å²) in [6.45, 7) is 14.8. The van der Waals surface area contributed by atoms with Gasteiger partial charge in [0, 0.05) is 18.8 Å². The molecule has 0 atom stereocenters. The van der Waals surface area contributed by atoms with E-state index in [0.29, 0.717) is 0 Å². The second-order valence-corrected chi connectivity index (χ2v) is 5.92. The molecule has 1 N–H and O–H groups in total. The van der Waals surface area contributed by atoms with Gasteiger partial charge in [0.1, 0.15) is 0 Å². The van der Waals surface area contributed by atoms with E-state index in [0.717, 1.165) is 19.6 Å². The number of hydrogen-bond donors (Lipinski definition) is 1. The Hall–Kier alpha value is -1.06. The van der Waals surface area contributed by atoms with Gasteiger partial charge in [0.05, 0.1) is 0 Å². The first-order chi connectivity index (χ1) is 10.3. The summed E-state index contributed by atoms with van der Waals surface area (Å²) in [6, 6.07) is 6.92. The van der Waals surface area contributed by atoms with Crippen LogP contribution in [-0.2, 0) is 13.0 Å². The zero-order valence-electron chi connectivity index (χ0n) is 14.0. The summed E-state index contributed by atoms with van der Waals surface area (Å²) in [5, 5.41) is 3.44. The normalized spacial score (nSPS) is 13.8. The Morgan fingerprint density at radius 3 is 2.43 bits per heavy atom. The molecule has 0 saturated heterocycles. The molecule has 1 heterocycles. The van der Waals surface area contributed by atoms with Gasteiger partial charge in [0.15, 0.2) is 0 Å². The van der Waals surface area contributed by atoms with Gasteiger partial charge in [-0.05, 0) is 62.8 Å². The van der Waals surface area contributed by atoms with Crippen molar-refractivity contribution in [3.05, 3.63) is 29.3 Å². The van der Waals surface area contributed by atoms with Gasteiger partial charge in [-0.25, -0.2) is 0 Å². The third kappa shape index (κ3) is 4.72. The van der Waals surface area contributed by atoms with Gasteiger partial charge in [-0.1, -0.05) is 32.9 Å². The summed E-state index contributed by atoms with van der Waals surface area (Å²) in [4.78, 5) is 5.07. The third-order valence-electron chi connectivity index (χ3n) is 4.58. The minimum absolute atomic E-state index is 1.09. The molecule has 1 aromatic rings. The Labute approximate surface area is 130 Å². The van der Waals surface area contributed by atoms with Gasteiger partial charge in [0.2, 0.25) is 0 Å². The number of anilines is 1. The van der Waals surface area contributed by atoms with Crippen LogP contribution in [0.1, 0.15) is 38.3 Å². The lowest BCUT2D eigenvalue weighted by atomic mass is 10.1. The summed E-state index contributed by atoms with van der Waals surface area (Å²) in [5.74, 6) is 0. The fourth-order valence-corrected chi connectivity index (χ4v) is 3.12. The van der Waals surface area contributed by atoms with Gasteiger partial charge in [-0.3, -0.25) is 4.90 Å². The maximum atomic E-state index is 3.44. The first-order valence-electron chi connectivity index (χ1n) is 8.57. The monoisotopic (exact) mass is 289 g/mol. The Bertz CT molecular complexity index is 426. The Kier molecular flexibility index (Phi) is 6.52. The van der Waals surface area contributed by atoms with Crippen LogP contribution in [0.4, 0.5) is 5.69 Å². The standard InChI is InChI=1S/C18H31N3/c1-4-20(5-2)12-7-13-21(6-3)15-16-8-9-18-17(14-16)10-11-19-18/h8-9,14,19H,4-7,10-13,15H2,1-3H3. The molecule has 0 bridgehead atoms. The molecular formula is C18H31N3. The fraction of sp³-hybridized carbons (Fsp3) is 0.667. The SMILES string of the molecule is CCN(CC)CCCN(CC)Cc1ccc2c(c1)CCN2. The predicted octanol–water partition coefficient (Wildman–Crippen LogP) is 3.21. The summed E-state index contributed by atoms with van der Waals surface area (Å²) >= 11 is 0. The molecule has 0 unspecified atom stereocenters. The van der Waals surface area contributed by atoms with Crippen molar-refractivity contribution < 1.29 is 0 Å². The molecule has 3 heteroatoms. The number of benzene rings is 1. The summed E-state index contributed by atoms with van der Waals surface area (Å²) < 4.78 is 0. The Balaban J connectivity index is 1.81. The average molecular weight is 289 g/mol. The quantitative estimate of drug-likeness (QED) is 0.753. The van der Waals surface area contributed by atoms with Crippen LogP contribution in [0.15, 0.2) is 18.2 Å². The molecule has 21 heavy (non-hydrogen) atoms. The van der Waals surface area contributed by atoms with Gasteiger partial charge < -0.3 is 10.2 Å². The summed E-state index contributed by atoms with van der Waals surface area (Å²) in [7, 11) is 0. The molecule has 0 amide bonds. The number of rotatable bonds is 9. The van der Waals surface area contributed by atoms with E-state index in [9.17, 15) is 0 Å². The van der Waals surface area contributed by atoms with Gasteiger partial charge in [-0.15, -0.1) is 0 Å². The van der Waals surface area contributed by atoms with Crippen molar-refractivity contribution >= 4 is 5.69 Å². The molecule has 1 aromatic carbocycles. The maximum Gasteiger partial charge on any atom is 0.0373 e. The van der Waals surface area contributed by atoms with E-state index in [1.54, 1.807) is 0 Å². The van der Waals surface area contributed by atoms with Gasteiger partial charge in [-0.2, -0.15) is 0 Å². The molecule has 1 aliphatic rings. The first-order valence-corrected chi connectivity index (χ1v) is 8.57. The van der Waals surface area contributed by atoms with Crippen LogP contribution < -0.4 is 5.32 Å².